The van der Waals surface area contributed by atoms with E-state index in [-0.39, 0.29) is 17.4 Å². The molecule has 158 valence electrons. The van der Waals surface area contributed by atoms with Gasteiger partial charge in [0.25, 0.3) is 0 Å². The minimum absolute atomic E-state index is 0.232. The summed E-state index contributed by atoms with van der Waals surface area (Å²) in [6, 6.07) is 7.07. The fourth-order valence-corrected chi connectivity index (χ4v) is 6.07. The van der Waals surface area contributed by atoms with Crippen molar-refractivity contribution in [1.82, 2.24) is 9.88 Å². The van der Waals surface area contributed by atoms with E-state index in [9.17, 15) is 0 Å². The van der Waals surface area contributed by atoms with Crippen LogP contribution >= 0.6 is 11.3 Å². The van der Waals surface area contributed by atoms with E-state index in [1.54, 1.807) is 0 Å². The Morgan fingerprint density at radius 3 is 2.66 bits per heavy atom. The number of aliphatic hydroxyl groups excluding tert-OH is 1. The number of piperidine rings is 1. The van der Waals surface area contributed by atoms with Crippen LogP contribution in [-0.4, -0.2) is 41.2 Å². The molecule has 1 N–H and O–H groups in total. The minimum Gasteiger partial charge on any atom is -0.396 e. The van der Waals surface area contributed by atoms with Crippen molar-refractivity contribution >= 4 is 11.3 Å². The lowest BCUT2D eigenvalue weighted by Crippen LogP contribution is -2.35. The summed E-state index contributed by atoms with van der Waals surface area (Å²) in [4.78, 5) is 7.59. The first-order valence-electron chi connectivity index (χ1n) is 11.2. The topological polar surface area (TPSA) is 36.4 Å². The van der Waals surface area contributed by atoms with E-state index in [2.05, 4.69) is 56.2 Å². The van der Waals surface area contributed by atoms with Crippen molar-refractivity contribution in [3.63, 3.8) is 0 Å². The van der Waals surface area contributed by atoms with E-state index in [0.29, 0.717) is 5.92 Å². The van der Waals surface area contributed by atoms with Crippen LogP contribution in [0.3, 0.4) is 0 Å². The third kappa shape index (κ3) is 4.30. The van der Waals surface area contributed by atoms with Crippen LogP contribution in [0.25, 0.3) is 11.3 Å². The highest BCUT2D eigenvalue weighted by molar-refractivity contribution is 7.10. The molecule has 0 spiro atoms. The van der Waals surface area contributed by atoms with Gasteiger partial charge in [-0.2, -0.15) is 0 Å². The first-order chi connectivity index (χ1) is 13.8. The van der Waals surface area contributed by atoms with Crippen molar-refractivity contribution in [2.45, 2.75) is 76.5 Å². The smallest absolute Gasteiger partial charge is 0.0976 e. The van der Waals surface area contributed by atoms with Gasteiger partial charge in [-0.15, -0.1) is 11.3 Å². The summed E-state index contributed by atoms with van der Waals surface area (Å²) in [5, 5.41) is 12.7. The second-order valence-corrected chi connectivity index (χ2v) is 11.2. The van der Waals surface area contributed by atoms with Crippen LogP contribution < -0.4 is 0 Å². The van der Waals surface area contributed by atoms with Gasteiger partial charge in [0.1, 0.15) is 0 Å². The van der Waals surface area contributed by atoms with Gasteiger partial charge in [0, 0.05) is 36.6 Å². The molecule has 1 fully saturated rings. The average molecular weight is 413 g/mol. The number of hydrogen-bond acceptors (Lipinski definition) is 4. The zero-order chi connectivity index (χ0) is 20.6. The summed E-state index contributed by atoms with van der Waals surface area (Å²) >= 11 is 1.83. The van der Waals surface area contributed by atoms with Gasteiger partial charge in [-0.3, -0.25) is 0 Å². The van der Waals surface area contributed by atoms with Crippen molar-refractivity contribution in [3.8, 4) is 11.3 Å². The van der Waals surface area contributed by atoms with Gasteiger partial charge in [-0.05, 0) is 66.7 Å². The van der Waals surface area contributed by atoms with Crippen LogP contribution in [0.5, 0.6) is 0 Å². The highest BCUT2D eigenvalue weighted by atomic mass is 32.1. The fraction of sp³-hybridized carbons (Fsp3) is 0.640. The largest absolute Gasteiger partial charge is 0.396 e. The van der Waals surface area contributed by atoms with Gasteiger partial charge in [0.15, 0.2) is 0 Å². The number of hydrogen-bond donors (Lipinski definition) is 1. The first-order valence-corrected chi connectivity index (χ1v) is 12.1. The number of fused-ring (bicyclic) bond motifs is 1. The SMILES string of the molecule is CC1(C)CCC(C)(C)c2cc(-c3csc(C4CCCN(CCCO)C4)n3)ccc21. The number of thiazole rings is 1. The highest BCUT2D eigenvalue weighted by Crippen LogP contribution is 2.47. The van der Waals surface area contributed by atoms with Crippen molar-refractivity contribution in [3.05, 3.63) is 39.7 Å². The van der Waals surface area contributed by atoms with Crippen LogP contribution in [0.1, 0.15) is 81.9 Å². The van der Waals surface area contributed by atoms with Crippen LogP contribution in [0.2, 0.25) is 0 Å². The summed E-state index contributed by atoms with van der Waals surface area (Å²) in [7, 11) is 0. The summed E-state index contributed by atoms with van der Waals surface area (Å²) in [6.07, 6.45) is 5.82. The van der Waals surface area contributed by atoms with Gasteiger partial charge in [-0.25, -0.2) is 4.98 Å². The first kappa shape index (κ1) is 21.0. The average Bonchev–Trinajstić information content (AvgIpc) is 3.20. The van der Waals surface area contributed by atoms with E-state index in [0.717, 1.165) is 31.7 Å². The van der Waals surface area contributed by atoms with Gasteiger partial charge >= 0.3 is 0 Å². The maximum atomic E-state index is 9.13. The highest BCUT2D eigenvalue weighted by Gasteiger charge is 2.37. The maximum absolute atomic E-state index is 9.13. The molecule has 1 atom stereocenters. The number of aliphatic hydroxyl groups is 1. The molecule has 4 rings (SSSR count). The van der Waals surface area contributed by atoms with Gasteiger partial charge in [0.05, 0.1) is 10.7 Å². The molecular formula is C25H36N2OS. The van der Waals surface area contributed by atoms with E-state index in [1.165, 1.54) is 47.4 Å². The number of rotatable bonds is 5. The Labute approximate surface area is 180 Å². The Balaban J connectivity index is 1.57. The lowest BCUT2D eigenvalue weighted by Gasteiger charge is -2.42. The molecule has 1 unspecified atom stereocenters. The maximum Gasteiger partial charge on any atom is 0.0976 e. The Morgan fingerprint density at radius 1 is 1.14 bits per heavy atom. The molecule has 0 amide bonds. The molecule has 0 radical (unpaired) electrons. The van der Waals surface area contributed by atoms with Crippen molar-refractivity contribution < 1.29 is 5.11 Å². The Morgan fingerprint density at radius 2 is 1.90 bits per heavy atom. The van der Waals surface area contributed by atoms with Crippen molar-refractivity contribution in [2.24, 2.45) is 0 Å². The van der Waals surface area contributed by atoms with E-state index < -0.39 is 0 Å². The van der Waals surface area contributed by atoms with Crippen molar-refractivity contribution in [1.29, 1.82) is 0 Å². The second kappa shape index (κ2) is 8.13. The minimum atomic E-state index is 0.232. The number of nitrogens with zero attached hydrogens (tertiary/aromatic N) is 2. The number of likely N-dealkylation sites (tertiary alicyclic amines) is 1. The predicted octanol–water partition coefficient (Wildman–Crippen LogP) is 5.72. The van der Waals surface area contributed by atoms with Crippen LogP contribution in [-0.2, 0) is 10.8 Å². The van der Waals surface area contributed by atoms with Crippen LogP contribution in [0, 0.1) is 0 Å². The molecule has 2 heterocycles. The van der Waals surface area contributed by atoms with Crippen LogP contribution in [0.15, 0.2) is 23.6 Å². The molecule has 1 aliphatic carbocycles. The number of aromatic nitrogens is 1. The molecule has 2 aromatic rings. The molecule has 0 saturated carbocycles. The monoisotopic (exact) mass is 412 g/mol. The normalized spacial score (nSPS) is 23.7. The molecule has 1 aromatic carbocycles. The molecule has 1 saturated heterocycles. The lowest BCUT2D eigenvalue weighted by molar-refractivity contribution is 0.184. The zero-order valence-electron chi connectivity index (χ0n) is 18.5. The van der Waals surface area contributed by atoms with Gasteiger partial charge < -0.3 is 10.0 Å². The van der Waals surface area contributed by atoms with E-state index >= 15 is 0 Å². The summed E-state index contributed by atoms with van der Waals surface area (Å²) in [5.74, 6) is 0.536. The Hall–Kier alpha value is -1.23. The number of benzene rings is 1. The van der Waals surface area contributed by atoms with Gasteiger partial charge in [-0.1, -0.05) is 39.8 Å². The molecule has 29 heavy (non-hydrogen) atoms. The summed E-state index contributed by atoms with van der Waals surface area (Å²) in [6.45, 7) is 13.1. The third-order valence-corrected chi connectivity index (χ3v) is 8.16. The molecule has 2 aliphatic rings. The molecule has 1 aromatic heterocycles. The lowest BCUT2D eigenvalue weighted by atomic mass is 9.63. The van der Waals surface area contributed by atoms with E-state index in [1.807, 2.05) is 11.3 Å². The van der Waals surface area contributed by atoms with E-state index in [4.69, 9.17) is 10.1 Å². The van der Waals surface area contributed by atoms with Crippen LogP contribution in [0.4, 0.5) is 0 Å². The molecule has 0 bridgehead atoms. The molecule has 1 aliphatic heterocycles. The Bertz CT molecular complexity index is 854. The predicted molar refractivity (Wildman–Crippen MR) is 123 cm³/mol. The van der Waals surface area contributed by atoms with Gasteiger partial charge in [0.2, 0.25) is 0 Å². The molecular weight excluding hydrogens is 376 g/mol. The van der Waals surface area contributed by atoms with Crippen molar-refractivity contribution in [2.75, 3.05) is 26.2 Å². The summed E-state index contributed by atoms with van der Waals surface area (Å²) in [5.41, 5.74) is 5.92. The summed E-state index contributed by atoms with van der Waals surface area (Å²) < 4.78 is 0. The fourth-order valence-electron chi connectivity index (χ4n) is 5.11. The quantitative estimate of drug-likeness (QED) is 0.682. The zero-order valence-corrected chi connectivity index (χ0v) is 19.3. The molecule has 3 nitrogen and oxygen atoms in total. The third-order valence-electron chi connectivity index (χ3n) is 7.16. The Kier molecular flexibility index (Phi) is 5.89. The standard InChI is InChI=1S/C25H36N2OS/c1-24(2)10-11-25(3,4)21-15-18(8-9-20(21)24)22-17-29-23(26-22)19-7-5-12-27(16-19)13-6-14-28/h8-9,15,17,19,28H,5-7,10-14,16H2,1-4H3. The molecule has 4 heteroatoms. The second-order valence-electron chi connectivity index (χ2n) is 10.3.